The third kappa shape index (κ3) is 2.56. The number of ether oxygens (including phenoxy) is 1. The van der Waals surface area contributed by atoms with Crippen LogP contribution < -0.4 is 10.2 Å². The van der Waals surface area contributed by atoms with E-state index in [1.165, 1.54) is 5.56 Å². The van der Waals surface area contributed by atoms with Crippen molar-refractivity contribution in [3.8, 4) is 5.75 Å². The van der Waals surface area contributed by atoms with Crippen molar-refractivity contribution in [2.45, 2.75) is 13.3 Å². The van der Waals surface area contributed by atoms with Crippen molar-refractivity contribution in [2.75, 3.05) is 6.61 Å². The molecule has 0 radical (unpaired) electrons. The molecule has 0 aliphatic carbocycles. The molecular weight excluding hydrogens is 192 g/mol. The molecule has 1 aliphatic heterocycles. The summed E-state index contributed by atoms with van der Waals surface area (Å²) in [7, 11) is 0. The normalized spacial score (nSPS) is 14.7. The molecular formula is C11H12N2O2. The van der Waals surface area contributed by atoms with Gasteiger partial charge in [-0.05, 0) is 19.1 Å². The Bertz CT molecular complexity index is 396. The summed E-state index contributed by atoms with van der Waals surface area (Å²) in [6.07, 6.45) is 0.339. The number of hydrazone groups is 1. The van der Waals surface area contributed by atoms with E-state index >= 15 is 0 Å². The van der Waals surface area contributed by atoms with Crippen LogP contribution in [0.1, 0.15) is 12.0 Å². The zero-order valence-electron chi connectivity index (χ0n) is 8.49. The van der Waals surface area contributed by atoms with Crippen LogP contribution in [-0.4, -0.2) is 18.2 Å². The quantitative estimate of drug-likeness (QED) is 0.805. The van der Waals surface area contributed by atoms with E-state index in [4.69, 9.17) is 4.74 Å². The van der Waals surface area contributed by atoms with E-state index in [0.717, 1.165) is 11.5 Å². The van der Waals surface area contributed by atoms with Crippen LogP contribution >= 0.6 is 0 Å². The van der Waals surface area contributed by atoms with Crippen LogP contribution in [0.4, 0.5) is 0 Å². The first-order chi connectivity index (χ1) is 7.24. The molecule has 0 unspecified atom stereocenters. The highest BCUT2D eigenvalue weighted by Gasteiger charge is 2.14. The Morgan fingerprint density at radius 2 is 2.13 bits per heavy atom. The number of nitrogens with one attached hydrogen (secondary N) is 1. The smallest absolute Gasteiger partial charge is 0.245 e. The second-order valence-corrected chi connectivity index (χ2v) is 3.49. The van der Waals surface area contributed by atoms with Crippen LogP contribution in [0.3, 0.4) is 0 Å². The van der Waals surface area contributed by atoms with E-state index in [2.05, 4.69) is 10.5 Å². The van der Waals surface area contributed by atoms with E-state index in [1.807, 2.05) is 31.2 Å². The lowest BCUT2D eigenvalue weighted by Crippen LogP contribution is -2.12. The van der Waals surface area contributed by atoms with Gasteiger partial charge >= 0.3 is 0 Å². The van der Waals surface area contributed by atoms with Crippen molar-refractivity contribution in [1.29, 1.82) is 0 Å². The fourth-order valence-corrected chi connectivity index (χ4v) is 1.29. The Labute approximate surface area is 87.9 Å². The largest absolute Gasteiger partial charge is 0.488 e. The molecule has 4 heteroatoms. The number of carbonyl (C=O) groups is 1. The van der Waals surface area contributed by atoms with E-state index in [1.54, 1.807) is 0 Å². The first-order valence-electron chi connectivity index (χ1n) is 4.78. The molecule has 1 aromatic carbocycles. The highest BCUT2D eigenvalue weighted by molar-refractivity contribution is 6.05. The number of hydrogen-bond acceptors (Lipinski definition) is 3. The lowest BCUT2D eigenvalue weighted by molar-refractivity contribution is -0.119. The van der Waals surface area contributed by atoms with Crippen molar-refractivity contribution in [3.05, 3.63) is 29.8 Å². The molecule has 15 heavy (non-hydrogen) atoms. The zero-order chi connectivity index (χ0) is 10.7. The van der Waals surface area contributed by atoms with E-state index in [-0.39, 0.29) is 5.91 Å². The fraction of sp³-hybridized carbons (Fsp3) is 0.273. The molecule has 0 saturated heterocycles. The molecule has 0 fully saturated rings. The molecule has 78 valence electrons. The molecule has 1 aliphatic rings. The topological polar surface area (TPSA) is 50.7 Å². The molecule has 0 aromatic heterocycles. The fourth-order valence-electron chi connectivity index (χ4n) is 1.29. The molecule has 0 atom stereocenters. The number of benzene rings is 1. The summed E-state index contributed by atoms with van der Waals surface area (Å²) in [5, 5.41) is 3.84. The predicted octanol–water partition coefficient (Wildman–Crippen LogP) is 1.25. The summed E-state index contributed by atoms with van der Waals surface area (Å²) in [5.74, 6) is 0.722. The predicted molar refractivity (Wildman–Crippen MR) is 56.9 cm³/mol. The maximum Gasteiger partial charge on any atom is 0.245 e. The Balaban J connectivity index is 1.88. The number of hydrogen-bond donors (Lipinski definition) is 1. The van der Waals surface area contributed by atoms with Gasteiger partial charge in [-0.3, -0.25) is 4.79 Å². The zero-order valence-corrected chi connectivity index (χ0v) is 8.49. The second-order valence-electron chi connectivity index (χ2n) is 3.49. The van der Waals surface area contributed by atoms with Crippen LogP contribution in [0.15, 0.2) is 29.4 Å². The molecule has 4 nitrogen and oxygen atoms in total. The molecule has 1 N–H and O–H groups in total. The highest BCUT2D eigenvalue weighted by atomic mass is 16.5. The molecule has 0 saturated carbocycles. The summed E-state index contributed by atoms with van der Waals surface area (Å²) in [6, 6.07) is 7.77. The third-order valence-electron chi connectivity index (χ3n) is 2.13. The maximum atomic E-state index is 10.8. The van der Waals surface area contributed by atoms with Gasteiger partial charge in [0.15, 0.2) is 0 Å². The third-order valence-corrected chi connectivity index (χ3v) is 2.13. The average molecular weight is 204 g/mol. The summed E-state index contributed by atoms with van der Waals surface area (Å²) < 4.78 is 5.47. The monoisotopic (exact) mass is 204 g/mol. The highest BCUT2D eigenvalue weighted by Crippen LogP contribution is 2.11. The van der Waals surface area contributed by atoms with Gasteiger partial charge in [0.2, 0.25) is 5.91 Å². The lowest BCUT2D eigenvalue weighted by atomic mass is 10.2. The molecule has 0 spiro atoms. The minimum absolute atomic E-state index is 0.0718. The Hall–Kier alpha value is -1.84. The Morgan fingerprint density at radius 1 is 1.40 bits per heavy atom. The van der Waals surface area contributed by atoms with Crippen LogP contribution in [0.25, 0.3) is 0 Å². The van der Waals surface area contributed by atoms with Crippen molar-refractivity contribution in [3.63, 3.8) is 0 Å². The first-order valence-corrected chi connectivity index (χ1v) is 4.78. The van der Waals surface area contributed by atoms with Gasteiger partial charge in [0.05, 0.1) is 12.1 Å². The number of nitrogens with zero attached hydrogens (tertiary/aromatic N) is 1. The second kappa shape index (κ2) is 4.13. The standard InChI is InChI=1S/C11H12N2O2/c1-8-2-4-10(5-3-8)15-7-9-6-11(14)13-12-9/h2-5H,6-7H2,1H3,(H,13,14). The minimum Gasteiger partial charge on any atom is -0.488 e. The molecule has 1 heterocycles. The SMILES string of the molecule is Cc1ccc(OCC2=NNC(=O)C2)cc1. The lowest BCUT2D eigenvalue weighted by Gasteiger charge is -2.04. The van der Waals surface area contributed by atoms with Gasteiger partial charge in [0, 0.05) is 0 Å². The maximum absolute atomic E-state index is 10.8. The molecule has 1 aromatic rings. The summed E-state index contributed by atoms with van der Waals surface area (Å²) in [5.41, 5.74) is 4.31. The molecule has 1 amide bonds. The number of amides is 1. The van der Waals surface area contributed by atoms with Gasteiger partial charge in [0.25, 0.3) is 0 Å². The van der Waals surface area contributed by atoms with E-state index in [0.29, 0.717) is 13.0 Å². The number of rotatable bonds is 3. The van der Waals surface area contributed by atoms with E-state index < -0.39 is 0 Å². The average Bonchev–Trinajstić information content (AvgIpc) is 2.64. The van der Waals surface area contributed by atoms with Crippen molar-refractivity contribution in [1.82, 2.24) is 5.43 Å². The van der Waals surface area contributed by atoms with Gasteiger partial charge in [-0.25, -0.2) is 5.43 Å². The first kappa shape index (κ1) is 9.71. The van der Waals surface area contributed by atoms with Crippen LogP contribution in [0.5, 0.6) is 5.75 Å². The van der Waals surface area contributed by atoms with Crippen LogP contribution in [0, 0.1) is 6.92 Å². The van der Waals surface area contributed by atoms with Crippen LogP contribution in [-0.2, 0) is 4.79 Å². The molecule has 2 rings (SSSR count). The Morgan fingerprint density at radius 3 is 2.73 bits per heavy atom. The van der Waals surface area contributed by atoms with Crippen LogP contribution in [0.2, 0.25) is 0 Å². The summed E-state index contributed by atoms with van der Waals surface area (Å²) in [6.45, 7) is 2.38. The summed E-state index contributed by atoms with van der Waals surface area (Å²) in [4.78, 5) is 10.8. The van der Waals surface area contributed by atoms with Gasteiger partial charge in [0.1, 0.15) is 12.4 Å². The van der Waals surface area contributed by atoms with E-state index in [9.17, 15) is 4.79 Å². The minimum atomic E-state index is -0.0718. The van der Waals surface area contributed by atoms with Crippen molar-refractivity contribution < 1.29 is 9.53 Å². The molecule has 0 bridgehead atoms. The Kier molecular flexibility index (Phi) is 2.67. The van der Waals surface area contributed by atoms with Gasteiger partial charge in [-0.15, -0.1) is 0 Å². The summed E-state index contributed by atoms with van der Waals surface area (Å²) >= 11 is 0. The van der Waals surface area contributed by atoms with Gasteiger partial charge in [-0.2, -0.15) is 5.10 Å². The van der Waals surface area contributed by atoms with Crippen molar-refractivity contribution in [2.24, 2.45) is 5.10 Å². The number of carbonyl (C=O) groups excluding carboxylic acids is 1. The number of aryl methyl sites for hydroxylation is 1. The van der Waals surface area contributed by atoms with Crippen molar-refractivity contribution >= 4 is 11.6 Å². The van der Waals surface area contributed by atoms with Gasteiger partial charge in [-0.1, -0.05) is 17.7 Å². The van der Waals surface area contributed by atoms with Gasteiger partial charge < -0.3 is 4.74 Å².